The molecule has 0 radical (unpaired) electrons. The third kappa shape index (κ3) is 4.20. The zero-order chi connectivity index (χ0) is 26.6. The summed E-state index contributed by atoms with van der Waals surface area (Å²) in [4.78, 5) is -2.12. The second kappa shape index (κ2) is 9.24. The Labute approximate surface area is 205 Å². The molecule has 0 saturated carbocycles. The number of nitrogens with zero attached hydrogens (tertiary/aromatic N) is 1. The zero-order valence-corrected chi connectivity index (χ0v) is 20.6. The lowest BCUT2D eigenvalue weighted by atomic mass is 10.0. The van der Waals surface area contributed by atoms with Crippen molar-refractivity contribution in [3.63, 3.8) is 0 Å². The van der Waals surface area contributed by atoms with E-state index in [-0.39, 0.29) is 17.0 Å². The lowest BCUT2D eigenvalue weighted by Crippen LogP contribution is -2.36. The van der Waals surface area contributed by atoms with E-state index < -0.39 is 71.6 Å². The van der Waals surface area contributed by atoms with Crippen LogP contribution >= 0.6 is 0 Å². The second-order valence-corrected chi connectivity index (χ2v) is 12.5. The van der Waals surface area contributed by atoms with E-state index in [1.54, 1.807) is 38.1 Å². The highest BCUT2D eigenvalue weighted by Crippen LogP contribution is 2.43. The van der Waals surface area contributed by atoms with E-state index >= 15 is 0 Å². The van der Waals surface area contributed by atoms with Gasteiger partial charge in [0.2, 0.25) is 15.8 Å². The summed E-state index contributed by atoms with van der Waals surface area (Å²) in [5.74, 6) is -12.3. The van der Waals surface area contributed by atoms with Gasteiger partial charge in [-0.05, 0) is 38.0 Å². The molecule has 4 rings (SSSR count). The molecule has 0 bridgehead atoms. The molecule has 1 aliphatic rings. The van der Waals surface area contributed by atoms with Crippen molar-refractivity contribution in [3.05, 3.63) is 94.3 Å². The van der Waals surface area contributed by atoms with Crippen molar-refractivity contribution in [2.45, 2.75) is 41.4 Å². The van der Waals surface area contributed by atoms with E-state index in [1.807, 2.05) is 0 Å². The predicted octanol–water partition coefficient (Wildman–Crippen LogP) is 4.98. The monoisotopic (exact) mass is 545 g/mol. The van der Waals surface area contributed by atoms with Crippen molar-refractivity contribution in [1.82, 2.24) is 4.31 Å². The van der Waals surface area contributed by atoms with Crippen LogP contribution in [0.3, 0.4) is 0 Å². The van der Waals surface area contributed by atoms with Crippen LogP contribution in [-0.4, -0.2) is 32.9 Å². The summed E-state index contributed by atoms with van der Waals surface area (Å²) in [6.45, 7) is 3.12. The van der Waals surface area contributed by atoms with E-state index in [0.717, 1.165) is 15.4 Å². The molecule has 5 nitrogen and oxygen atoms in total. The molecular formula is C24H20F5NO4S2. The van der Waals surface area contributed by atoms with Gasteiger partial charge in [0.25, 0.3) is 0 Å². The quantitative estimate of drug-likeness (QED) is 0.196. The first kappa shape index (κ1) is 26.2. The van der Waals surface area contributed by atoms with Crippen LogP contribution in [0.25, 0.3) is 0 Å². The number of rotatable bonds is 5. The van der Waals surface area contributed by atoms with Gasteiger partial charge in [-0.2, -0.15) is 4.31 Å². The number of aryl methyl sites for hydroxylation is 2. The Morgan fingerprint density at radius 2 is 1.14 bits per heavy atom. The van der Waals surface area contributed by atoms with Crippen LogP contribution in [0.4, 0.5) is 22.0 Å². The van der Waals surface area contributed by atoms with E-state index in [4.69, 9.17) is 0 Å². The van der Waals surface area contributed by atoms with Crippen molar-refractivity contribution in [3.8, 4) is 0 Å². The smallest absolute Gasteiger partial charge is 0.223 e. The summed E-state index contributed by atoms with van der Waals surface area (Å²) in [5.41, 5.74) is 1.73. The maximum Gasteiger partial charge on any atom is 0.243 e. The van der Waals surface area contributed by atoms with Crippen molar-refractivity contribution < 1.29 is 38.8 Å². The minimum absolute atomic E-state index is 0.139. The van der Waals surface area contributed by atoms with Gasteiger partial charge < -0.3 is 0 Å². The van der Waals surface area contributed by atoms with Crippen LogP contribution in [0.15, 0.2) is 58.3 Å². The van der Waals surface area contributed by atoms with Crippen LogP contribution in [-0.2, 0) is 19.9 Å². The molecule has 0 aromatic heterocycles. The fourth-order valence-corrected chi connectivity index (χ4v) is 8.09. The molecule has 12 heteroatoms. The predicted molar refractivity (Wildman–Crippen MR) is 121 cm³/mol. The van der Waals surface area contributed by atoms with Crippen molar-refractivity contribution in [1.29, 1.82) is 0 Å². The van der Waals surface area contributed by atoms with Gasteiger partial charge in [0.15, 0.2) is 33.1 Å². The summed E-state index contributed by atoms with van der Waals surface area (Å²) in [6.07, 6.45) is -0.439. The first-order valence-electron chi connectivity index (χ1n) is 10.7. The third-order valence-corrected chi connectivity index (χ3v) is 10.3. The molecule has 0 N–H and O–H groups in total. The van der Waals surface area contributed by atoms with E-state index in [2.05, 4.69) is 0 Å². The molecule has 0 aliphatic carbocycles. The maximum atomic E-state index is 14.5. The number of hydrogen-bond acceptors (Lipinski definition) is 4. The van der Waals surface area contributed by atoms with Crippen LogP contribution in [0.2, 0.25) is 0 Å². The molecule has 0 amide bonds. The van der Waals surface area contributed by atoms with Gasteiger partial charge >= 0.3 is 0 Å². The van der Waals surface area contributed by atoms with Gasteiger partial charge in [-0.15, -0.1) is 0 Å². The molecule has 2 atom stereocenters. The number of sulfonamides is 1. The van der Waals surface area contributed by atoms with E-state index in [1.165, 1.54) is 24.3 Å². The first-order chi connectivity index (χ1) is 16.8. The summed E-state index contributed by atoms with van der Waals surface area (Å²) >= 11 is 0. The molecule has 36 heavy (non-hydrogen) atoms. The van der Waals surface area contributed by atoms with Crippen molar-refractivity contribution in [2.75, 3.05) is 6.54 Å². The fourth-order valence-electron chi connectivity index (χ4n) is 4.31. The zero-order valence-electron chi connectivity index (χ0n) is 19.0. The van der Waals surface area contributed by atoms with E-state index in [9.17, 15) is 38.8 Å². The molecule has 1 heterocycles. The van der Waals surface area contributed by atoms with Crippen LogP contribution in [0.5, 0.6) is 0 Å². The van der Waals surface area contributed by atoms with Crippen LogP contribution < -0.4 is 0 Å². The normalized spacial score (nSPS) is 19.1. The molecule has 0 spiro atoms. The Morgan fingerprint density at radius 3 is 1.64 bits per heavy atom. The number of hydrogen-bond donors (Lipinski definition) is 0. The highest BCUT2D eigenvalue weighted by atomic mass is 32.2. The molecule has 1 saturated heterocycles. The molecule has 192 valence electrons. The van der Waals surface area contributed by atoms with Gasteiger partial charge in [-0.3, -0.25) is 0 Å². The maximum absolute atomic E-state index is 14.5. The Bertz CT molecular complexity index is 1510. The molecule has 3 aromatic carbocycles. The summed E-state index contributed by atoms with van der Waals surface area (Å²) in [6, 6.07) is 10.4. The Hall–Kier alpha value is -2.83. The molecule has 3 aromatic rings. The molecule has 1 fully saturated rings. The molecule has 1 aliphatic heterocycles. The van der Waals surface area contributed by atoms with Crippen molar-refractivity contribution in [2.24, 2.45) is 0 Å². The number of sulfone groups is 1. The average Bonchev–Trinajstić information content (AvgIpc) is 3.29. The Kier molecular flexibility index (Phi) is 6.73. The topological polar surface area (TPSA) is 71.5 Å². The average molecular weight is 546 g/mol. The largest absolute Gasteiger partial charge is 0.243 e. The van der Waals surface area contributed by atoms with Gasteiger partial charge in [0, 0.05) is 6.54 Å². The SMILES string of the molecule is Cc1ccc([C@@H]2[C@@H](S(=O)(=O)c3c(F)c(F)c(F)c(F)c3F)CCN2S(=O)(=O)c2ccc(C)cc2)cc1. The molecule has 0 unspecified atom stereocenters. The van der Waals surface area contributed by atoms with Gasteiger partial charge in [-0.25, -0.2) is 38.8 Å². The highest BCUT2D eigenvalue weighted by molar-refractivity contribution is 7.92. The summed E-state index contributed by atoms with van der Waals surface area (Å²) < 4.78 is 125. The van der Waals surface area contributed by atoms with Gasteiger partial charge in [0.1, 0.15) is 4.90 Å². The van der Waals surface area contributed by atoms with Crippen molar-refractivity contribution >= 4 is 19.9 Å². The minimum Gasteiger partial charge on any atom is -0.223 e. The number of halogens is 5. The lowest BCUT2D eigenvalue weighted by molar-refractivity contribution is 0.356. The van der Waals surface area contributed by atoms with Crippen LogP contribution in [0, 0.1) is 42.9 Å². The molecular weight excluding hydrogens is 525 g/mol. The summed E-state index contributed by atoms with van der Waals surface area (Å²) in [5, 5.41) is -1.83. The number of benzene rings is 3. The summed E-state index contributed by atoms with van der Waals surface area (Å²) in [7, 11) is -9.56. The fraction of sp³-hybridized carbons (Fsp3) is 0.250. The Balaban J connectivity index is 1.91. The Morgan fingerprint density at radius 1 is 0.694 bits per heavy atom. The first-order valence-corrected chi connectivity index (χ1v) is 13.7. The minimum atomic E-state index is -5.25. The van der Waals surface area contributed by atoms with Gasteiger partial charge in [0.05, 0.1) is 16.2 Å². The highest BCUT2D eigenvalue weighted by Gasteiger charge is 2.50. The van der Waals surface area contributed by atoms with Crippen LogP contribution in [0.1, 0.15) is 29.2 Å². The third-order valence-electron chi connectivity index (χ3n) is 6.20. The van der Waals surface area contributed by atoms with E-state index in [0.29, 0.717) is 0 Å². The second-order valence-electron chi connectivity index (χ2n) is 8.56. The standard InChI is InChI=1S/C24H20F5NO4S2/c1-13-3-7-15(8-4-13)23-17(11-12-30(23)36(33,34)16-9-5-14(2)6-10-16)35(31,32)24-21(28)19(26)18(25)20(27)22(24)29/h3-10,17,23H,11-12H2,1-2H3/t17-,23+/m0/s1. The van der Waals surface area contributed by atoms with Gasteiger partial charge in [-0.1, -0.05) is 47.5 Å². The lowest BCUT2D eigenvalue weighted by Gasteiger charge is -2.28.